The summed E-state index contributed by atoms with van der Waals surface area (Å²) in [6, 6.07) is 0. The van der Waals surface area contributed by atoms with Crippen LogP contribution in [0.15, 0.2) is 0 Å². The van der Waals surface area contributed by atoms with Crippen molar-refractivity contribution in [3.8, 4) is 0 Å². The Bertz CT molecular complexity index is 488. The quantitative estimate of drug-likeness (QED) is 0.0901. The van der Waals surface area contributed by atoms with Gasteiger partial charge >= 0.3 is 0 Å². The van der Waals surface area contributed by atoms with Crippen molar-refractivity contribution >= 4 is 7.82 Å². The lowest BCUT2D eigenvalue weighted by molar-refractivity contribution is -0.870. The molecule has 0 amide bonds. The molecule has 0 spiro atoms. The van der Waals surface area contributed by atoms with Crippen molar-refractivity contribution in [3.63, 3.8) is 0 Å². The zero-order valence-corrected chi connectivity index (χ0v) is 23.8. The normalized spacial score (nSPS) is 14.9. The molecular weight excluding hydrogens is 451 g/mol. The second kappa shape index (κ2) is 22.2. The predicted octanol–water partition coefficient (Wildman–Crippen LogP) is 5.80. The summed E-state index contributed by atoms with van der Waals surface area (Å²) in [5, 5.41) is 0. The third-order valence-corrected chi connectivity index (χ3v) is 7.05. The first-order chi connectivity index (χ1) is 16.2. The Morgan fingerprint density at radius 1 is 0.765 bits per heavy atom. The molecule has 0 aromatic carbocycles. The summed E-state index contributed by atoms with van der Waals surface area (Å²) >= 11 is 0. The van der Waals surface area contributed by atoms with Crippen molar-refractivity contribution in [1.29, 1.82) is 0 Å². The molecule has 8 heteroatoms. The molecule has 0 rings (SSSR count). The first-order valence-electron chi connectivity index (χ1n) is 13.9. The summed E-state index contributed by atoms with van der Waals surface area (Å²) in [7, 11) is 1.54. The molecule has 0 radical (unpaired) electrons. The molecular formula is C26H57N2O5P. The van der Waals surface area contributed by atoms with E-state index >= 15 is 0 Å². The molecule has 2 unspecified atom stereocenters. The van der Waals surface area contributed by atoms with Gasteiger partial charge in [0.2, 0.25) is 0 Å². The van der Waals surface area contributed by atoms with Gasteiger partial charge in [0.1, 0.15) is 19.3 Å². The van der Waals surface area contributed by atoms with Gasteiger partial charge in [0.25, 0.3) is 7.82 Å². The molecule has 0 aliphatic carbocycles. The predicted molar refractivity (Wildman–Crippen MR) is 141 cm³/mol. The number of likely N-dealkylation sites (N-methyl/N-ethyl adjacent to an activating group) is 1. The topological polar surface area (TPSA) is 93.8 Å². The molecule has 0 bridgehead atoms. The highest BCUT2D eigenvalue weighted by atomic mass is 31.2. The Hall–Kier alpha value is -0.0100. The molecule has 0 fully saturated rings. The number of rotatable bonds is 26. The van der Waals surface area contributed by atoms with E-state index in [9.17, 15) is 9.46 Å². The molecule has 0 aromatic heterocycles. The van der Waals surface area contributed by atoms with Crippen LogP contribution in [0.4, 0.5) is 0 Å². The van der Waals surface area contributed by atoms with Crippen molar-refractivity contribution in [3.05, 3.63) is 0 Å². The van der Waals surface area contributed by atoms with Crippen LogP contribution in [0.3, 0.4) is 0 Å². The molecule has 0 heterocycles. The van der Waals surface area contributed by atoms with Crippen LogP contribution in [0.5, 0.6) is 0 Å². The molecule has 2 atom stereocenters. The number of hydrogen-bond donors (Lipinski definition) is 1. The van der Waals surface area contributed by atoms with Gasteiger partial charge < -0.3 is 28.9 Å². The van der Waals surface area contributed by atoms with E-state index in [1.165, 1.54) is 89.9 Å². The van der Waals surface area contributed by atoms with E-state index in [-0.39, 0.29) is 19.8 Å². The van der Waals surface area contributed by atoms with E-state index in [0.29, 0.717) is 17.6 Å². The standard InChI is InChI=1S/C26H57N2O5P/c1-5-6-7-8-9-10-11-12-13-14-15-16-17-18-19-20-22-31-25-26(24-27)33-34(29,30)32-23-21-28(2,3)4/h26H,5-25,27H2,1-4H3. The second-order valence-corrected chi connectivity index (χ2v) is 12.0. The van der Waals surface area contributed by atoms with Crippen molar-refractivity contribution in [1.82, 2.24) is 0 Å². The van der Waals surface area contributed by atoms with E-state index in [2.05, 4.69) is 6.92 Å². The van der Waals surface area contributed by atoms with Gasteiger partial charge in [0, 0.05) is 13.2 Å². The van der Waals surface area contributed by atoms with E-state index in [1.54, 1.807) is 0 Å². The van der Waals surface area contributed by atoms with E-state index in [4.69, 9.17) is 19.5 Å². The van der Waals surface area contributed by atoms with E-state index in [0.717, 1.165) is 12.8 Å². The number of phosphoric ester groups is 1. The highest BCUT2D eigenvalue weighted by Crippen LogP contribution is 2.39. The van der Waals surface area contributed by atoms with Crippen LogP contribution in [0.25, 0.3) is 0 Å². The summed E-state index contributed by atoms with van der Waals surface area (Å²) in [6.45, 7) is 3.77. The minimum atomic E-state index is -4.37. The SMILES string of the molecule is CCCCCCCCCCCCCCCCCCOCC(CN)OP(=O)([O-])OCC[N+](C)(C)C. The molecule has 7 nitrogen and oxygen atoms in total. The lowest BCUT2D eigenvalue weighted by Gasteiger charge is -2.29. The van der Waals surface area contributed by atoms with Gasteiger partial charge in [-0.3, -0.25) is 4.57 Å². The van der Waals surface area contributed by atoms with Gasteiger partial charge in [0.05, 0.1) is 27.7 Å². The fourth-order valence-corrected chi connectivity index (χ4v) is 4.63. The molecule has 34 heavy (non-hydrogen) atoms. The van der Waals surface area contributed by atoms with Gasteiger partial charge in [-0.25, -0.2) is 0 Å². The van der Waals surface area contributed by atoms with Crippen LogP contribution in [0, 0.1) is 0 Å². The number of nitrogens with zero attached hydrogens (tertiary/aromatic N) is 1. The number of phosphoric acid groups is 1. The Morgan fingerprint density at radius 2 is 1.21 bits per heavy atom. The fourth-order valence-electron chi connectivity index (χ4n) is 3.75. The van der Waals surface area contributed by atoms with Gasteiger partial charge in [-0.2, -0.15) is 0 Å². The molecule has 0 saturated heterocycles. The molecule has 0 aromatic rings. The van der Waals surface area contributed by atoms with Crippen molar-refractivity contribution in [2.75, 3.05) is 54.1 Å². The average Bonchev–Trinajstić information content (AvgIpc) is 2.76. The zero-order chi connectivity index (χ0) is 25.5. The fraction of sp³-hybridized carbons (Fsp3) is 1.00. The summed E-state index contributed by atoms with van der Waals surface area (Å²) in [5.41, 5.74) is 5.63. The lowest BCUT2D eigenvalue weighted by atomic mass is 10.0. The first-order valence-corrected chi connectivity index (χ1v) is 15.4. The minimum Gasteiger partial charge on any atom is -0.756 e. The van der Waals surface area contributed by atoms with Crippen LogP contribution < -0.4 is 10.6 Å². The molecule has 0 aliphatic heterocycles. The summed E-state index contributed by atoms with van der Waals surface area (Å²) in [6.07, 6.45) is 20.6. The highest BCUT2D eigenvalue weighted by Gasteiger charge is 2.19. The number of ether oxygens (including phenoxy) is 1. The number of unbranched alkanes of at least 4 members (excludes halogenated alkanes) is 15. The molecule has 0 aliphatic rings. The van der Waals surface area contributed by atoms with Crippen LogP contribution in [0.2, 0.25) is 0 Å². The van der Waals surface area contributed by atoms with Crippen LogP contribution in [-0.4, -0.2) is 64.6 Å². The largest absolute Gasteiger partial charge is 0.756 e. The van der Waals surface area contributed by atoms with Crippen LogP contribution in [0.1, 0.15) is 110 Å². The molecule has 0 saturated carbocycles. The maximum atomic E-state index is 11.9. The number of hydrogen-bond acceptors (Lipinski definition) is 6. The Balaban J connectivity index is 3.49. The number of nitrogens with two attached hydrogens (primary N) is 1. The Morgan fingerprint density at radius 3 is 1.62 bits per heavy atom. The van der Waals surface area contributed by atoms with Crippen molar-refractivity contribution < 1.29 is 27.7 Å². The maximum absolute atomic E-state index is 11.9. The lowest BCUT2D eigenvalue weighted by Crippen LogP contribution is -2.38. The maximum Gasteiger partial charge on any atom is 0.268 e. The smallest absolute Gasteiger partial charge is 0.268 e. The van der Waals surface area contributed by atoms with Crippen molar-refractivity contribution in [2.24, 2.45) is 5.73 Å². The van der Waals surface area contributed by atoms with Gasteiger partial charge in [-0.1, -0.05) is 103 Å². The summed E-state index contributed by atoms with van der Waals surface area (Å²) < 4.78 is 28.1. The average molecular weight is 509 g/mol. The minimum absolute atomic E-state index is 0.0733. The molecule has 2 N–H and O–H groups in total. The third-order valence-electron chi connectivity index (χ3n) is 6.00. The van der Waals surface area contributed by atoms with Crippen molar-refractivity contribution in [2.45, 2.75) is 116 Å². The van der Waals surface area contributed by atoms with Gasteiger partial charge in [0.15, 0.2) is 0 Å². The molecule has 206 valence electrons. The Labute approximate surface area is 211 Å². The summed E-state index contributed by atoms with van der Waals surface area (Å²) in [5.74, 6) is 0. The van der Waals surface area contributed by atoms with Crippen LogP contribution in [-0.2, 0) is 18.3 Å². The van der Waals surface area contributed by atoms with Crippen LogP contribution >= 0.6 is 7.82 Å². The third kappa shape index (κ3) is 25.1. The summed E-state index contributed by atoms with van der Waals surface area (Å²) in [4.78, 5) is 11.9. The van der Waals surface area contributed by atoms with E-state index in [1.807, 2.05) is 21.1 Å². The van der Waals surface area contributed by atoms with Gasteiger partial charge in [-0.15, -0.1) is 0 Å². The zero-order valence-electron chi connectivity index (χ0n) is 22.9. The Kier molecular flexibility index (Phi) is 22.2. The monoisotopic (exact) mass is 508 g/mol. The first kappa shape index (κ1) is 34.0. The number of quaternary nitrogens is 1. The highest BCUT2D eigenvalue weighted by molar-refractivity contribution is 7.45. The van der Waals surface area contributed by atoms with E-state index < -0.39 is 13.9 Å². The van der Waals surface area contributed by atoms with Gasteiger partial charge in [-0.05, 0) is 6.42 Å². The second-order valence-electron chi connectivity index (χ2n) is 10.6.